The van der Waals surface area contributed by atoms with Crippen LogP contribution in [0.25, 0.3) is 5.57 Å². The monoisotopic (exact) mass is 281 g/mol. The van der Waals surface area contributed by atoms with Crippen molar-refractivity contribution in [2.75, 3.05) is 12.8 Å². The van der Waals surface area contributed by atoms with Crippen LogP contribution < -0.4 is 5.73 Å². The minimum Gasteiger partial charge on any atom is -0.383 e. The van der Waals surface area contributed by atoms with E-state index >= 15 is 0 Å². The van der Waals surface area contributed by atoms with Gasteiger partial charge < -0.3 is 5.73 Å². The van der Waals surface area contributed by atoms with Crippen LogP contribution in [0, 0.1) is 0 Å². The fourth-order valence-electron chi connectivity index (χ4n) is 1.42. The zero-order valence-corrected chi connectivity index (χ0v) is 11.4. The molecule has 0 radical (unpaired) electrons. The first kappa shape index (κ1) is 12.9. The Bertz CT molecular complexity index is 436. The molecule has 16 heavy (non-hydrogen) atoms. The molecule has 86 valence electrons. The van der Waals surface area contributed by atoms with Crippen LogP contribution in [0.4, 0.5) is 5.82 Å². The third kappa shape index (κ3) is 3.17. The van der Waals surface area contributed by atoms with Gasteiger partial charge in [0, 0.05) is 29.0 Å². The molecule has 0 spiro atoms. The third-order valence-electron chi connectivity index (χ3n) is 2.34. The summed E-state index contributed by atoms with van der Waals surface area (Å²) in [7, 11) is 1.80. The second kappa shape index (κ2) is 5.80. The highest BCUT2D eigenvalue weighted by atomic mass is 79.9. The highest BCUT2D eigenvalue weighted by Gasteiger charge is 2.04. The Morgan fingerprint density at radius 3 is 2.88 bits per heavy atom. The molecule has 0 amide bonds. The van der Waals surface area contributed by atoms with Gasteiger partial charge in [0.2, 0.25) is 0 Å². The fraction of sp³-hybridized carbons (Fsp3) is 0.333. The maximum atomic E-state index is 5.84. The van der Waals surface area contributed by atoms with E-state index in [2.05, 4.69) is 32.8 Å². The number of nitrogens with two attached hydrogens (primary N) is 1. The minimum absolute atomic E-state index is 0.545. The van der Waals surface area contributed by atoms with Gasteiger partial charge in [-0.3, -0.25) is 4.99 Å². The highest BCUT2D eigenvalue weighted by Crippen LogP contribution is 2.23. The molecule has 0 atom stereocenters. The molecule has 1 heterocycles. The Kier molecular flexibility index (Phi) is 4.68. The summed E-state index contributed by atoms with van der Waals surface area (Å²) in [5.74, 6) is 0.545. The van der Waals surface area contributed by atoms with Crippen LogP contribution >= 0.6 is 15.9 Å². The van der Waals surface area contributed by atoms with Gasteiger partial charge in [-0.25, -0.2) is 4.98 Å². The van der Waals surface area contributed by atoms with E-state index in [1.165, 1.54) is 0 Å². The van der Waals surface area contributed by atoms with Gasteiger partial charge in [-0.2, -0.15) is 0 Å². The molecule has 1 aromatic heterocycles. The van der Waals surface area contributed by atoms with Gasteiger partial charge in [0.25, 0.3) is 0 Å². The van der Waals surface area contributed by atoms with Crippen molar-refractivity contribution in [1.29, 1.82) is 0 Å². The Labute approximate surface area is 105 Å². The summed E-state index contributed by atoms with van der Waals surface area (Å²) in [5.41, 5.74) is 8.91. The van der Waals surface area contributed by atoms with Crippen molar-refractivity contribution in [2.45, 2.75) is 20.3 Å². The fourth-order valence-corrected chi connectivity index (χ4v) is 1.75. The van der Waals surface area contributed by atoms with Crippen LogP contribution in [0.3, 0.4) is 0 Å². The number of aliphatic imine (C=N–C) groups is 1. The average Bonchev–Trinajstić information content (AvgIpc) is 2.28. The largest absolute Gasteiger partial charge is 0.383 e. The smallest absolute Gasteiger partial charge is 0.130 e. The van der Waals surface area contributed by atoms with Crippen LogP contribution in [0.5, 0.6) is 0 Å². The minimum atomic E-state index is 0.545. The molecule has 2 N–H and O–H groups in total. The van der Waals surface area contributed by atoms with Gasteiger partial charge >= 0.3 is 0 Å². The molecule has 4 heteroatoms. The van der Waals surface area contributed by atoms with Crippen molar-refractivity contribution in [3.8, 4) is 0 Å². The number of pyridine rings is 1. The van der Waals surface area contributed by atoms with E-state index in [4.69, 9.17) is 5.73 Å². The van der Waals surface area contributed by atoms with Crippen LogP contribution in [0.1, 0.15) is 25.8 Å². The van der Waals surface area contributed by atoms with E-state index in [9.17, 15) is 0 Å². The first-order valence-corrected chi connectivity index (χ1v) is 5.93. The number of hydrogen-bond donors (Lipinski definition) is 1. The maximum absolute atomic E-state index is 5.84. The Hall–Kier alpha value is -1.16. The number of rotatable bonds is 3. The van der Waals surface area contributed by atoms with E-state index in [1.807, 2.05) is 19.1 Å². The Morgan fingerprint density at radius 1 is 1.62 bits per heavy atom. The number of hydrogen-bond acceptors (Lipinski definition) is 3. The highest BCUT2D eigenvalue weighted by molar-refractivity contribution is 9.10. The molecule has 0 unspecified atom stereocenters. The van der Waals surface area contributed by atoms with Crippen LogP contribution in [-0.2, 0) is 0 Å². The second-order valence-electron chi connectivity index (χ2n) is 3.48. The summed E-state index contributed by atoms with van der Waals surface area (Å²) < 4.78 is 0.927. The van der Waals surface area contributed by atoms with Crippen LogP contribution in [0.2, 0.25) is 0 Å². The zero-order chi connectivity index (χ0) is 12.1. The lowest BCUT2D eigenvalue weighted by Gasteiger charge is -2.06. The quantitative estimate of drug-likeness (QED) is 0.865. The molecule has 1 rings (SSSR count). The van der Waals surface area contributed by atoms with Crippen molar-refractivity contribution in [3.05, 3.63) is 28.4 Å². The number of anilines is 1. The van der Waals surface area contributed by atoms with Crippen molar-refractivity contribution < 1.29 is 0 Å². The summed E-state index contributed by atoms with van der Waals surface area (Å²) in [6.45, 7) is 4.09. The number of allylic oxidation sites excluding steroid dienone is 2. The standard InChI is InChI=1S/C12H16BrN3/c1-4-10(15-3)5-8(2)11-6-9(13)7-16-12(11)14/h5-7H,4H2,1-3H3,(H2,14,16)/b8-5+,15-10?. The van der Waals surface area contributed by atoms with E-state index < -0.39 is 0 Å². The molecule has 0 fully saturated rings. The van der Waals surface area contributed by atoms with Gasteiger partial charge in [-0.15, -0.1) is 0 Å². The summed E-state index contributed by atoms with van der Waals surface area (Å²) in [6.07, 6.45) is 4.65. The van der Waals surface area contributed by atoms with Crippen molar-refractivity contribution in [2.24, 2.45) is 4.99 Å². The second-order valence-corrected chi connectivity index (χ2v) is 4.40. The van der Waals surface area contributed by atoms with Crippen molar-refractivity contribution in [1.82, 2.24) is 4.98 Å². The van der Waals surface area contributed by atoms with Crippen molar-refractivity contribution in [3.63, 3.8) is 0 Å². The number of nitrogen functional groups attached to an aromatic ring is 1. The van der Waals surface area contributed by atoms with Crippen LogP contribution in [-0.4, -0.2) is 17.7 Å². The first-order valence-electron chi connectivity index (χ1n) is 5.13. The van der Waals surface area contributed by atoms with Crippen molar-refractivity contribution >= 4 is 33.0 Å². The summed E-state index contributed by atoms with van der Waals surface area (Å²) >= 11 is 3.39. The van der Waals surface area contributed by atoms with Gasteiger partial charge in [0.1, 0.15) is 5.82 Å². The van der Waals surface area contributed by atoms with E-state index in [-0.39, 0.29) is 0 Å². The molecule has 0 aliphatic rings. The molecule has 0 bridgehead atoms. The molecule has 3 nitrogen and oxygen atoms in total. The molecule has 0 saturated heterocycles. The number of halogens is 1. The van der Waals surface area contributed by atoms with E-state index in [0.29, 0.717) is 5.82 Å². The third-order valence-corrected chi connectivity index (χ3v) is 2.78. The lowest BCUT2D eigenvalue weighted by molar-refractivity contribution is 1.25. The van der Waals surface area contributed by atoms with Gasteiger partial charge in [0.15, 0.2) is 0 Å². The zero-order valence-electron chi connectivity index (χ0n) is 9.79. The molecular formula is C12H16BrN3. The SMILES string of the molecule is CCC(/C=C(\C)c1cc(Br)cnc1N)=NC. The predicted octanol–water partition coefficient (Wildman–Crippen LogP) is 3.31. The van der Waals surface area contributed by atoms with E-state index in [1.54, 1.807) is 13.2 Å². The Morgan fingerprint density at radius 2 is 2.31 bits per heavy atom. The molecule has 1 aromatic rings. The first-order chi connectivity index (χ1) is 7.58. The van der Waals surface area contributed by atoms with Gasteiger partial charge in [-0.05, 0) is 47.0 Å². The molecule has 0 aromatic carbocycles. The summed E-state index contributed by atoms with van der Waals surface area (Å²) in [6, 6.07) is 1.97. The average molecular weight is 282 g/mol. The van der Waals surface area contributed by atoms with Crippen LogP contribution in [0.15, 0.2) is 27.8 Å². The molecule has 0 saturated carbocycles. The number of aromatic nitrogens is 1. The lowest BCUT2D eigenvalue weighted by atomic mass is 10.1. The van der Waals surface area contributed by atoms with E-state index in [0.717, 1.165) is 27.7 Å². The normalized spacial score (nSPS) is 13.0. The maximum Gasteiger partial charge on any atom is 0.130 e. The summed E-state index contributed by atoms with van der Waals surface area (Å²) in [5, 5.41) is 0. The molecule has 0 aliphatic carbocycles. The molecular weight excluding hydrogens is 266 g/mol. The summed E-state index contributed by atoms with van der Waals surface area (Å²) in [4.78, 5) is 8.30. The topological polar surface area (TPSA) is 51.3 Å². The van der Waals surface area contributed by atoms with Gasteiger partial charge in [0.05, 0.1) is 0 Å². The predicted molar refractivity (Wildman–Crippen MR) is 73.7 cm³/mol. The lowest BCUT2D eigenvalue weighted by Crippen LogP contribution is -1.98. The van der Waals surface area contributed by atoms with Gasteiger partial charge in [-0.1, -0.05) is 6.92 Å². The number of nitrogens with zero attached hydrogens (tertiary/aromatic N) is 2. The molecule has 0 aliphatic heterocycles. The Balaban J connectivity index is 3.13.